The molecule has 6 N–H and O–H groups in total. The maximum absolute atomic E-state index is 13.1. The molecule has 0 aromatic carbocycles. The molecule has 0 radical (unpaired) electrons. The minimum Gasteiger partial charge on any atom is -0.394 e. The van der Waals surface area contributed by atoms with Crippen molar-refractivity contribution in [2.75, 3.05) is 13.2 Å². The Balaban J connectivity index is 2.04. The molecule has 0 saturated carbocycles. The Kier molecular flexibility index (Phi) is 60.3. The van der Waals surface area contributed by atoms with Crippen LogP contribution in [0.1, 0.15) is 361 Å². The van der Waals surface area contributed by atoms with Gasteiger partial charge in [-0.25, -0.2) is 0 Å². The summed E-state index contributed by atoms with van der Waals surface area (Å²) in [6.07, 6.45) is 79.5. The zero-order chi connectivity index (χ0) is 60.0. The van der Waals surface area contributed by atoms with Crippen molar-refractivity contribution < 1.29 is 39.8 Å². The third-order valence-electron chi connectivity index (χ3n) is 17.4. The van der Waals surface area contributed by atoms with Gasteiger partial charge in [0.1, 0.15) is 24.4 Å². The van der Waals surface area contributed by atoms with Crippen LogP contribution < -0.4 is 5.32 Å². The Morgan fingerprint density at radius 2 is 0.711 bits per heavy atom. The van der Waals surface area contributed by atoms with Crippen LogP contribution in [0.2, 0.25) is 0 Å². The Labute approximate surface area is 514 Å². The largest absolute Gasteiger partial charge is 0.394 e. The molecule has 1 fully saturated rings. The maximum Gasteiger partial charge on any atom is 0.220 e. The molecule has 1 aliphatic rings. The smallest absolute Gasteiger partial charge is 0.220 e. The van der Waals surface area contributed by atoms with E-state index in [9.17, 15) is 30.3 Å². The third-order valence-corrected chi connectivity index (χ3v) is 17.4. The molecule has 7 atom stereocenters. The Morgan fingerprint density at radius 1 is 0.410 bits per heavy atom. The SMILES string of the molecule is CCCCCCC/C=C\C/C=C\C/C=C\CCCCCCCCCCCCCCCCCCCCCCCCCCCCC(=O)NC(COC1OC(CO)C(O)C(O)C1O)C(O)/C=C/CCCCCCCCCCCCCCCCCCC. The van der Waals surface area contributed by atoms with Gasteiger partial charge in [0.25, 0.3) is 0 Å². The van der Waals surface area contributed by atoms with Gasteiger partial charge in [0.05, 0.1) is 25.4 Å². The van der Waals surface area contributed by atoms with Crippen LogP contribution in [0.4, 0.5) is 0 Å². The highest BCUT2D eigenvalue weighted by molar-refractivity contribution is 5.76. The van der Waals surface area contributed by atoms with E-state index in [1.807, 2.05) is 6.08 Å². The van der Waals surface area contributed by atoms with Gasteiger partial charge >= 0.3 is 0 Å². The summed E-state index contributed by atoms with van der Waals surface area (Å²) in [5.41, 5.74) is 0. The number of hydrogen-bond acceptors (Lipinski definition) is 8. The van der Waals surface area contributed by atoms with Crippen LogP contribution in [-0.4, -0.2) is 87.5 Å². The highest BCUT2D eigenvalue weighted by atomic mass is 16.7. The lowest BCUT2D eigenvalue weighted by Crippen LogP contribution is -2.60. The molecule has 1 heterocycles. The first kappa shape index (κ1) is 79.2. The molecule has 0 spiro atoms. The molecule has 1 aliphatic heterocycles. The monoisotopic (exact) mass is 1170 g/mol. The number of rotatable bonds is 64. The second kappa shape index (κ2) is 63.2. The Bertz CT molecular complexity index is 1450. The first-order valence-electron chi connectivity index (χ1n) is 36.4. The zero-order valence-electron chi connectivity index (χ0n) is 54.7. The van der Waals surface area contributed by atoms with Crippen LogP contribution in [0, 0.1) is 0 Å². The molecule has 83 heavy (non-hydrogen) atoms. The lowest BCUT2D eigenvalue weighted by molar-refractivity contribution is -0.302. The van der Waals surface area contributed by atoms with Gasteiger partial charge in [-0.1, -0.05) is 345 Å². The molecule has 0 aliphatic carbocycles. The van der Waals surface area contributed by atoms with Crippen LogP contribution in [-0.2, 0) is 14.3 Å². The molecular formula is C74H139NO8. The lowest BCUT2D eigenvalue weighted by Gasteiger charge is -2.40. The number of hydrogen-bond donors (Lipinski definition) is 6. The van der Waals surface area contributed by atoms with Gasteiger partial charge < -0.3 is 40.3 Å². The first-order chi connectivity index (χ1) is 40.8. The molecule has 1 amide bonds. The van der Waals surface area contributed by atoms with E-state index in [-0.39, 0.29) is 12.5 Å². The molecular weight excluding hydrogens is 1030 g/mol. The number of aliphatic hydroxyl groups is 5. The van der Waals surface area contributed by atoms with E-state index in [2.05, 4.69) is 55.6 Å². The third kappa shape index (κ3) is 51.9. The molecule has 488 valence electrons. The van der Waals surface area contributed by atoms with Crippen LogP contribution in [0.15, 0.2) is 48.6 Å². The van der Waals surface area contributed by atoms with Gasteiger partial charge in [-0.05, 0) is 57.8 Å². The number of allylic oxidation sites excluding steroid dienone is 7. The Hall–Kier alpha value is -1.85. The van der Waals surface area contributed by atoms with E-state index in [4.69, 9.17) is 9.47 Å². The van der Waals surface area contributed by atoms with Crippen molar-refractivity contribution in [3.05, 3.63) is 48.6 Å². The van der Waals surface area contributed by atoms with Crippen LogP contribution in [0.5, 0.6) is 0 Å². The molecule has 9 heteroatoms. The Morgan fingerprint density at radius 3 is 1.05 bits per heavy atom. The van der Waals surface area contributed by atoms with E-state index >= 15 is 0 Å². The van der Waals surface area contributed by atoms with Crippen molar-refractivity contribution in [2.45, 2.75) is 403 Å². The van der Waals surface area contributed by atoms with Crippen molar-refractivity contribution >= 4 is 5.91 Å². The first-order valence-corrected chi connectivity index (χ1v) is 36.4. The average Bonchev–Trinajstić information content (AvgIpc) is 3.61. The minimum atomic E-state index is -1.57. The highest BCUT2D eigenvalue weighted by Gasteiger charge is 2.44. The number of ether oxygens (including phenoxy) is 2. The van der Waals surface area contributed by atoms with Gasteiger partial charge in [0.2, 0.25) is 5.91 Å². The van der Waals surface area contributed by atoms with Crippen molar-refractivity contribution in [1.29, 1.82) is 0 Å². The van der Waals surface area contributed by atoms with Crippen LogP contribution in [0.3, 0.4) is 0 Å². The summed E-state index contributed by atoms with van der Waals surface area (Å²) in [5, 5.41) is 54.7. The normalized spacial score (nSPS) is 18.5. The average molecular weight is 1170 g/mol. The maximum atomic E-state index is 13.1. The van der Waals surface area contributed by atoms with E-state index in [0.29, 0.717) is 6.42 Å². The molecule has 7 unspecified atom stereocenters. The van der Waals surface area contributed by atoms with Gasteiger partial charge in [-0.2, -0.15) is 0 Å². The summed E-state index contributed by atoms with van der Waals surface area (Å²) in [6.45, 7) is 3.81. The van der Waals surface area contributed by atoms with Gasteiger partial charge in [0, 0.05) is 6.42 Å². The summed E-state index contributed by atoms with van der Waals surface area (Å²) < 4.78 is 11.3. The molecule has 0 bridgehead atoms. The summed E-state index contributed by atoms with van der Waals surface area (Å²) in [4.78, 5) is 13.1. The zero-order valence-corrected chi connectivity index (χ0v) is 54.7. The van der Waals surface area contributed by atoms with Crippen LogP contribution in [0.25, 0.3) is 0 Å². The van der Waals surface area contributed by atoms with E-state index < -0.39 is 49.5 Å². The van der Waals surface area contributed by atoms with E-state index in [1.165, 1.54) is 289 Å². The standard InChI is InChI=1S/C74H139NO8/c1-3-5-7-9-11-13-15-17-19-21-23-24-25-26-27-28-29-30-31-32-33-34-35-36-37-38-39-40-41-42-43-44-46-48-50-52-54-56-58-60-62-64-70(78)75-67(66-82-74-73(81)72(80)71(79)69(65-76)83-74)68(77)63-61-59-57-55-53-51-49-47-45-22-20-18-16-14-12-10-8-6-4-2/h15,17,21,23,25-26,61,63,67-69,71-74,76-77,79-81H,3-14,16,18-20,22,24,27-60,62,64-66H2,1-2H3,(H,75,78)/b17-15-,23-21-,26-25-,63-61+. The number of amides is 1. The van der Waals surface area contributed by atoms with Crippen molar-refractivity contribution in [3.63, 3.8) is 0 Å². The predicted molar refractivity (Wildman–Crippen MR) is 355 cm³/mol. The second-order valence-corrected chi connectivity index (χ2v) is 25.4. The highest BCUT2D eigenvalue weighted by Crippen LogP contribution is 2.23. The fraction of sp³-hybridized carbons (Fsp3) is 0.878. The topological polar surface area (TPSA) is 149 Å². The van der Waals surface area contributed by atoms with Crippen molar-refractivity contribution in [2.24, 2.45) is 0 Å². The number of unbranched alkanes of at least 4 members (excludes halogenated alkanes) is 48. The van der Waals surface area contributed by atoms with Gasteiger partial charge in [0.15, 0.2) is 6.29 Å². The second-order valence-electron chi connectivity index (χ2n) is 25.4. The van der Waals surface area contributed by atoms with E-state index in [0.717, 1.165) is 51.4 Å². The summed E-state index contributed by atoms with van der Waals surface area (Å²) in [7, 11) is 0. The number of carbonyl (C=O) groups is 1. The van der Waals surface area contributed by atoms with Gasteiger partial charge in [-0.15, -0.1) is 0 Å². The van der Waals surface area contributed by atoms with Gasteiger partial charge in [-0.3, -0.25) is 4.79 Å². The summed E-state index contributed by atoms with van der Waals surface area (Å²) in [6, 6.07) is -0.804. The summed E-state index contributed by atoms with van der Waals surface area (Å²) >= 11 is 0. The van der Waals surface area contributed by atoms with Crippen molar-refractivity contribution in [1.82, 2.24) is 5.32 Å². The molecule has 0 aromatic rings. The summed E-state index contributed by atoms with van der Waals surface area (Å²) in [5.74, 6) is -0.170. The lowest BCUT2D eigenvalue weighted by atomic mass is 9.99. The number of aliphatic hydroxyl groups excluding tert-OH is 5. The number of carbonyl (C=O) groups excluding carboxylic acids is 1. The molecule has 1 saturated heterocycles. The van der Waals surface area contributed by atoms with Crippen LogP contribution >= 0.6 is 0 Å². The molecule has 9 nitrogen and oxygen atoms in total. The fourth-order valence-corrected chi connectivity index (χ4v) is 11.7. The number of nitrogens with one attached hydrogen (secondary N) is 1. The minimum absolute atomic E-state index is 0.170. The fourth-order valence-electron chi connectivity index (χ4n) is 11.7. The predicted octanol–water partition coefficient (Wildman–Crippen LogP) is 20.0. The van der Waals surface area contributed by atoms with E-state index in [1.54, 1.807) is 6.08 Å². The van der Waals surface area contributed by atoms with Crippen molar-refractivity contribution in [3.8, 4) is 0 Å². The molecule has 0 aromatic heterocycles. The molecule has 1 rings (SSSR count). The quantitative estimate of drug-likeness (QED) is 0.0261.